The fourth-order valence-corrected chi connectivity index (χ4v) is 4.10. The molecule has 2 N–H and O–H groups in total. The number of anilines is 1. The molecular formula is C22H30N2O. The molecule has 134 valence electrons. The van der Waals surface area contributed by atoms with Crippen molar-refractivity contribution in [3.8, 4) is 0 Å². The van der Waals surface area contributed by atoms with E-state index in [1.165, 1.54) is 11.1 Å². The Morgan fingerprint density at radius 1 is 1.16 bits per heavy atom. The molecule has 1 unspecified atom stereocenters. The molecule has 0 fully saturated rings. The van der Waals surface area contributed by atoms with E-state index in [1.807, 2.05) is 14.1 Å². The van der Waals surface area contributed by atoms with E-state index >= 15 is 0 Å². The summed E-state index contributed by atoms with van der Waals surface area (Å²) in [6, 6.07) is 17.5. The molecule has 1 aliphatic rings. The van der Waals surface area contributed by atoms with Crippen LogP contribution in [-0.2, 0) is 11.8 Å². The number of rotatable bonds is 5. The van der Waals surface area contributed by atoms with Gasteiger partial charge >= 0.3 is 0 Å². The highest BCUT2D eigenvalue weighted by atomic mass is 16.3. The van der Waals surface area contributed by atoms with Gasteiger partial charge in [0.2, 0.25) is 0 Å². The predicted molar refractivity (Wildman–Crippen MR) is 105 cm³/mol. The fourth-order valence-electron chi connectivity index (χ4n) is 4.10. The van der Waals surface area contributed by atoms with E-state index in [0.717, 1.165) is 24.1 Å². The third-order valence-corrected chi connectivity index (χ3v) is 5.38. The normalized spacial score (nSPS) is 20.0. The Morgan fingerprint density at radius 2 is 1.92 bits per heavy atom. The Kier molecular flexibility index (Phi) is 5.16. The summed E-state index contributed by atoms with van der Waals surface area (Å²) in [5, 5.41) is 13.7. The molecule has 0 saturated carbocycles. The van der Waals surface area contributed by atoms with Crippen molar-refractivity contribution in [1.29, 1.82) is 0 Å². The predicted octanol–water partition coefficient (Wildman–Crippen LogP) is 3.67. The lowest BCUT2D eigenvalue weighted by Gasteiger charge is -2.39. The Hall–Kier alpha value is -1.84. The molecule has 3 nitrogen and oxygen atoms in total. The number of nitrogens with zero attached hydrogens (tertiary/aromatic N) is 1. The van der Waals surface area contributed by atoms with Crippen molar-refractivity contribution in [3.63, 3.8) is 0 Å². The molecule has 0 radical (unpaired) electrons. The smallest absolute Gasteiger partial charge is 0.0626 e. The van der Waals surface area contributed by atoms with Crippen LogP contribution >= 0.6 is 0 Å². The Labute approximate surface area is 151 Å². The van der Waals surface area contributed by atoms with Gasteiger partial charge in [-0.15, -0.1) is 0 Å². The molecule has 25 heavy (non-hydrogen) atoms. The molecule has 2 aromatic rings. The fraction of sp³-hybridized carbons (Fsp3) is 0.455. The largest absolute Gasteiger partial charge is 0.394 e. The van der Waals surface area contributed by atoms with Crippen molar-refractivity contribution < 1.29 is 5.11 Å². The average molecular weight is 338 g/mol. The molecule has 0 aromatic heterocycles. The first-order valence-electron chi connectivity index (χ1n) is 9.13. The molecule has 3 rings (SSSR count). The molecule has 0 bridgehead atoms. The van der Waals surface area contributed by atoms with Gasteiger partial charge in [-0.05, 0) is 47.1 Å². The summed E-state index contributed by atoms with van der Waals surface area (Å²) in [5.74, 6) is 0. The standard InChI is InChI=1S/C22H30N2O/c1-22(2)14-18(12-16-8-5-6-11-20(16)22)23-21(15-25)17-9-7-10-19(13-17)24(3)4/h5-11,13,18,21,23,25H,12,14-15H2,1-4H3/t18?,21-/m0/s1. The first-order chi connectivity index (χ1) is 11.9. The van der Waals surface area contributed by atoms with Crippen molar-refractivity contribution in [3.05, 3.63) is 65.2 Å². The lowest BCUT2D eigenvalue weighted by Crippen LogP contribution is -2.43. The van der Waals surface area contributed by atoms with Crippen molar-refractivity contribution in [1.82, 2.24) is 5.32 Å². The Balaban J connectivity index is 1.80. The maximum absolute atomic E-state index is 9.99. The quantitative estimate of drug-likeness (QED) is 0.873. The highest BCUT2D eigenvalue weighted by Gasteiger charge is 2.33. The summed E-state index contributed by atoms with van der Waals surface area (Å²) in [6.45, 7) is 4.75. The zero-order valence-corrected chi connectivity index (χ0v) is 15.8. The second-order valence-electron chi connectivity index (χ2n) is 8.04. The number of aliphatic hydroxyl groups excluding tert-OH is 1. The minimum Gasteiger partial charge on any atom is -0.394 e. The summed E-state index contributed by atoms with van der Waals surface area (Å²) in [6.07, 6.45) is 2.09. The molecular weight excluding hydrogens is 308 g/mol. The lowest BCUT2D eigenvalue weighted by molar-refractivity contribution is 0.218. The van der Waals surface area contributed by atoms with Gasteiger partial charge in [0.1, 0.15) is 0 Å². The zero-order chi connectivity index (χ0) is 18.0. The van der Waals surface area contributed by atoms with Crippen LogP contribution in [0.1, 0.15) is 43.0 Å². The van der Waals surface area contributed by atoms with Gasteiger partial charge in [0.15, 0.2) is 0 Å². The summed E-state index contributed by atoms with van der Waals surface area (Å²) < 4.78 is 0. The van der Waals surface area contributed by atoms with Crippen LogP contribution in [0.2, 0.25) is 0 Å². The van der Waals surface area contributed by atoms with Gasteiger partial charge in [-0.3, -0.25) is 0 Å². The summed E-state index contributed by atoms with van der Waals surface area (Å²) in [5.41, 5.74) is 5.34. The summed E-state index contributed by atoms with van der Waals surface area (Å²) in [7, 11) is 4.09. The van der Waals surface area contributed by atoms with E-state index in [4.69, 9.17) is 0 Å². The molecule has 2 atom stereocenters. The van der Waals surface area contributed by atoms with Gasteiger partial charge < -0.3 is 15.3 Å². The highest BCUT2D eigenvalue weighted by Crippen LogP contribution is 2.37. The maximum Gasteiger partial charge on any atom is 0.0626 e. The van der Waals surface area contributed by atoms with Gasteiger partial charge in [-0.1, -0.05) is 50.2 Å². The monoisotopic (exact) mass is 338 g/mol. The summed E-state index contributed by atoms with van der Waals surface area (Å²) in [4.78, 5) is 2.10. The number of aliphatic hydroxyl groups is 1. The van der Waals surface area contributed by atoms with E-state index in [0.29, 0.717) is 6.04 Å². The molecule has 1 aliphatic carbocycles. The van der Waals surface area contributed by atoms with Gasteiger partial charge in [0, 0.05) is 25.8 Å². The number of fused-ring (bicyclic) bond motifs is 1. The molecule has 0 amide bonds. The average Bonchev–Trinajstić information content (AvgIpc) is 2.59. The number of nitrogens with one attached hydrogen (secondary N) is 1. The van der Waals surface area contributed by atoms with Gasteiger partial charge in [-0.25, -0.2) is 0 Å². The van der Waals surface area contributed by atoms with Gasteiger partial charge in [-0.2, -0.15) is 0 Å². The van der Waals surface area contributed by atoms with Crippen LogP contribution in [0.5, 0.6) is 0 Å². The Morgan fingerprint density at radius 3 is 2.64 bits per heavy atom. The first kappa shape index (κ1) is 18.0. The minimum atomic E-state index is -0.0361. The molecule has 2 aromatic carbocycles. The van der Waals surface area contributed by atoms with Crippen LogP contribution in [0.4, 0.5) is 5.69 Å². The Bertz CT molecular complexity index is 723. The van der Waals surface area contributed by atoms with E-state index < -0.39 is 0 Å². The first-order valence-corrected chi connectivity index (χ1v) is 9.13. The van der Waals surface area contributed by atoms with Gasteiger partial charge in [0.25, 0.3) is 0 Å². The highest BCUT2D eigenvalue weighted by molar-refractivity contribution is 5.48. The molecule has 0 saturated heterocycles. The molecule has 0 spiro atoms. The number of benzene rings is 2. The third-order valence-electron chi connectivity index (χ3n) is 5.38. The number of hydrogen-bond acceptors (Lipinski definition) is 3. The second-order valence-corrected chi connectivity index (χ2v) is 8.04. The van der Waals surface area contributed by atoms with Crippen LogP contribution in [0.25, 0.3) is 0 Å². The van der Waals surface area contributed by atoms with Crippen molar-refractivity contribution >= 4 is 5.69 Å². The number of hydrogen-bond donors (Lipinski definition) is 2. The van der Waals surface area contributed by atoms with Crippen molar-refractivity contribution in [2.45, 2.75) is 44.2 Å². The third kappa shape index (κ3) is 3.88. The minimum absolute atomic E-state index is 0.0361. The lowest BCUT2D eigenvalue weighted by atomic mass is 9.70. The zero-order valence-electron chi connectivity index (χ0n) is 15.8. The molecule has 0 aliphatic heterocycles. The van der Waals surface area contributed by atoms with Crippen LogP contribution in [0.3, 0.4) is 0 Å². The van der Waals surface area contributed by atoms with Crippen molar-refractivity contribution in [2.24, 2.45) is 0 Å². The van der Waals surface area contributed by atoms with Crippen LogP contribution in [0.15, 0.2) is 48.5 Å². The summed E-state index contributed by atoms with van der Waals surface area (Å²) >= 11 is 0. The molecule has 3 heteroatoms. The topological polar surface area (TPSA) is 35.5 Å². The SMILES string of the molecule is CN(C)c1cccc([C@H](CO)NC2Cc3ccccc3C(C)(C)C2)c1. The molecule has 0 heterocycles. The van der Waals surface area contributed by atoms with E-state index in [2.05, 4.69) is 72.6 Å². The maximum atomic E-state index is 9.99. The van der Waals surface area contributed by atoms with E-state index in [9.17, 15) is 5.11 Å². The second kappa shape index (κ2) is 7.19. The van der Waals surface area contributed by atoms with E-state index in [-0.39, 0.29) is 18.1 Å². The van der Waals surface area contributed by atoms with Crippen LogP contribution in [0, 0.1) is 0 Å². The van der Waals surface area contributed by atoms with Crippen LogP contribution < -0.4 is 10.2 Å². The van der Waals surface area contributed by atoms with E-state index in [1.54, 1.807) is 0 Å². The van der Waals surface area contributed by atoms with Crippen LogP contribution in [-0.4, -0.2) is 31.9 Å². The van der Waals surface area contributed by atoms with Crippen molar-refractivity contribution in [2.75, 3.05) is 25.6 Å². The van der Waals surface area contributed by atoms with Gasteiger partial charge in [0.05, 0.1) is 12.6 Å².